The van der Waals surface area contributed by atoms with Crippen LogP contribution in [0, 0.1) is 0 Å². The number of amides is 1. The Morgan fingerprint density at radius 1 is 1.16 bits per heavy atom. The lowest BCUT2D eigenvalue weighted by Crippen LogP contribution is -2.57. The molecule has 0 aromatic heterocycles. The van der Waals surface area contributed by atoms with Crippen LogP contribution in [0.4, 0.5) is 0 Å². The van der Waals surface area contributed by atoms with E-state index >= 15 is 0 Å². The first-order chi connectivity index (χ1) is 8.72. The van der Waals surface area contributed by atoms with Crippen molar-refractivity contribution in [2.75, 3.05) is 6.54 Å². The molecule has 0 bridgehead atoms. The van der Waals surface area contributed by atoms with E-state index in [1.165, 1.54) is 0 Å². The van der Waals surface area contributed by atoms with Crippen LogP contribution in [0.3, 0.4) is 0 Å². The lowest BCUT2D eigenvalue weighted by molar-refractivity contribution is -0.121. The quantitative estimate of drug-likeness (QED) is 0.728. The van der Waals surface area contributed by atoms with E-state index in [0.717, 1.165) is 5.56 Å². The summed E-state index contributed by atoms with van der Waals surface area (Å²) in [6.07, 6.45) is 0. The highest BCUT2D eigenvalue weighted by molar-refractivity contribution is 5.78. The summed E-state index contributed by atoms with van der Waals surface area (Å²) in [6, 6.07) is 9.76. The van der Waals surface area contributed by atoms with Gasteiger partial charge in [0, 0.05) is 12.1 Å². The third-order valence-corrected chi connectivity index (χ3v) is 3.55. The second-order valence-corrected chi connectivity index (χ2v) is 5.80. The van der Waals surface area contributed by atoms with E-state index in [4.69, 9.17) is 0 Å². The van der Waals surface area contributed by atoms with Crippen molar-refractivity contribution in [3.63, 3.8) is 0 Å². The first kappa shape index (κ1) is 15.7. The van der Waals surface area contributed by atoms with Gasteiger partial charge in [0.15, 0.2) is 0 Å². The predicted molar refractivity (Wildman–Crippen MR) is 76.7 cm³/mol. The van der Waals surface area contributed by atoms with Crippen LogP contribution < -0.4 is 10.6 Å². The van der Waals surface area contributed by atoms with Gasteiger partial charge in [-0.2, -0.15) is 0 Å². The molecule has 0 aliphatic carbocycles. The first-order valence-corrected chi connectivity index (χ1v) is 6.50. The Morgan fingerprint density at radius 3 is 2.26 bits per heavy atom. The fourth-order valence-electron chi connectivity index (χ4n) is 1.38. The molecular weight excluding hydrogens is 240 g/mol. The number of hydrogen-bond donors (Lipinski definition) is 3. The van der Waals surface area contributed by atoms with E-state index in [1.54, 1.807) is 13.8 Å². The third-order valence-electron chi connectivity index (χ3n) is 3.55. The Kier molecular flexibility index (Phi) is 5.09. The molecule has 106 valence electrons. The van der Waals surface area contributed by atoms with Crippen molar-refractivity contribution in [1.82, 2.24) is 10.6 Å². The second kappa shape index (κ2) is 6.17. The number of aliphatic hydroxyl groups is 1. The van der Waals surface area contributed by atoms with Gasteiger partial charge in [0.1, 0.15) is 0 Å². The number of nitrogens with one attached hydrogen (secondary N) is 2. The summed E-state index contributed by atoms with van der Waals surface area (Å²) in [7, 11) is 0. The lowest BCUT2D eigenvalue weighted by atomic mass is 9.86. The summed E-state index contributed by atoms with van der Waals surface area (Å²) in [5, 5.41) is 15.9. The molecule has 3 N–H and O–H groups in total. The summed E-state index contributed by atoms with van der Waals surface area (Å²) in [4.78, 5) is 11.7. The zero-order valence-electron chi connectivity index (χ0n) is 12.2. The van der Waals surface area contributed by atoms with E-state index in [0.29, 0.717) is 6.54 Å². The van der Waals surface area contributed by atoms with E-state index in [2.05, 4.69) is 10.6 Å². The molecule has 19 heavy (non-hydrogen) atoms. The maximum Gasteiger partial charge on any atom is 0.234 e. The zero-order valence-corrected chi connectivity index (χ0v) is 12.2. The van der Waals surface area contributed by atoms with Gasteiger partial charge in [-0.1, -0.05) is 30.3 Å². The van der Waals surface area contributed by atoms with Gasteiger partial charge in [-0.25, -0.2) is 0 Å². The summed E-state index contributed by atoms with van der Waals surface area (Å²) >= 11 is 0. The zero-order chi connectivity index (χ0) is 14.5. The average Bonchev–Trinajstić information content (AvgIpc) is 2.34. The fraction of sp³-hybridized carbons (Fsp3) is 0.533. The molecule has 1 aromatic carbocycles. The van der Waals surface area contributed by atoms with Crippen LogP contribution in [-0.2, 0) is 11.3 Å². The highest BCUT2D eigenvalue weighted by atomic mass is 16.3. The van der Waals surface area contributed by atoms with Crippen molar-refractivity contribution in [1.29, 1.82) is 0 Å². The normalized spacial score (nSPS) is 12.3. The molecule has 0 aliphatic heterocycles. The summed E-state index contributed by atoms with van der Waals surface area (Å²) in [6.45, 7) is 7.90. The highest BCUT2D eigenvalue weighted by Crippen LogP contribution is 2.19. The third kappa shape index (κ3) is 5.01. The van der Waals surface area contributed by atoms with Gasteiger partial charge >= 0.3 is 0 Å². The summed E-state index contributed by atoms with van der Waals surface area (Å²) < 4.78 is 0. The van der Waals surface area contributed by atoms with E-state index in [9.17, 15) is 9.90 Å². The van der Waals surface area contributed by atoms with Gasteiger partial charge in [0.2, 0.25) is 5.91 Å². The predicted octanol–water partition coefficient (Wildman–Crippen LogP) is 1.44. The summed E-state index contributed by atoms with van der Waals surface area (Å²) in [5.74, 6) is -0.0822. The van der Waals surface area contributed by atoms with Crippen LogP contribution in [0.25, 0.3) is 0 Å². The molecule has 0 spiro atoms. The van der Waals surface area contributed by atoms with Crippen molar-refractivity contribution < 1.29 is 9.90 Å². The summed E-state index contributed by atoms with van der Waals surface area (Å²) in [5.41, 5.74) is -0.360. The topological polar surface area (TPSA) is 61.4 Å². The molecule has 0 aliphatic rings. The smallest absolute Gasteiger partial charge is 0.234 e. The molecule has 0 saturated carbocycles. The molecule has 0 fully saturated rings. The van der Waals surface area contributed by atoms with E-state index in [-0.39, 0.29) is 12.5 Å². The van der Waals surface area contributed by atoms with Crippen LogP contribution >= 0.6 is 0 Å². The first-order valence-electron chi connectivity index (χ1n) is 6.50. The van der Waals surface area contributed by atoms with Crippen LogP contribution in [0.2, 0.25) is 0 Å². The minimum Gasteiger partial charge on any atom is -0.389 e. The van der Waals surface area contributed by atoms with Gasteiger partial charge in [-0.15, -0.1) is 0 Å². The van der Waals surface area contributed by atoms with Crippen LogP contribution in [0.15, 0.2) is 30.3 Å². The second-order valence-electron chi connectivity index (χ2n) is 5.80. The van der Waals surface area contributed by atoms with Crippen LogP contribution in [-0.4, -0.2) is 28.7 Å². The minimum absolute atomic E-state index is 0.0822. The molecule has 4 nitrogen and oxygen atoms in total. The van der Waals surface area contributed by atoms with E-state index < -0.39 is 11.1 Å². The molecule has 1 aromatic rings. The van der Waals surface area contributed by atoms with Crippen LogP contribution in [0.5, 0.6) is 0 Å². The minimum atomic E-state index is -0.896. The Bertz CT molecular complexity index is 408. The number of rotatable bonds is 6. The molecule has 0 unspecified atom stereocenters. The molecule has 0 saturated heterocycles. The largest absolute Gasteiger partial charge is 0.389 e. The van der Waals surface area contributed by atoms with Crippen molar-refractivity contribution >= 4 is 5.91 Å². The Hall–Kier alpha value is -1.39. The average molecular weight is 264 g/mol. The number of carbonyl (C=O) groups is 1. The Labute approximate surface area is 115 Å². The molecular formula is C15H24N2O2. The van der Waals surface area contributed by atoms with Crippen molar-refractivity contribution in [3.05, 3.63) is 35.9 Å². The molecule has 4 heteroatoms. The van der Waals surface area contributed by atoms with Gasteiger partial charge in [-0.3, -0.25) is 4.79 Å². The van der Waals surface area contributed by atoms with Gasteiger partial charge in [0.25, 0.3) is 0 Å². The number of carbonyl (C=O) groups excluding carboxylic acids is 1. The standard InChI is InChI=1S/C15H24N2O2/c1-14(2,15(3,4)19)17-11-13(18)16-10-12-8-6-5-7-9-12/h5-9,17,19H,10-11H2,1-4H3,(H,16,18). The Morgan fingerprint density at radius 2 is 1.74 bits per heavy atom. The number of hydrogen-bond acceptors (Lipinski definition) is 3. The fourth-order valence-corrected chi connectivity index (χ4v) is 1.38. The van der Waals surface area contributed by atoms with Crippen molar-refractivity contribution in [2.24, 2.45) is 0 Å². The molecule has 0 radical (unpaired) electrons. The van der Waals surface area contributed by atoms with Gasteiger partial charge in [0.05, 0.1) is 12.1 Å². The monoisotopic (exact) mass is 264 g/mol. The van der Waals surface area contributed by atoms with E-state index in [1.807, 2.05) is 44.2 Å². The molecule has 0 heterocycles. The Balaban J connectivity index is 2.37. The SMILES string of the molecule is CC(C)(O)C(C)(C)NCC(=O)NCc1ccccc1. The molecule has 1 amide bonds. The van der Waals surface area contributed by atoms with Gasteiger partial charge < -0.3 is 15.7 Å². The van der Waals surface area contributed by atoms with Gasteiger partial charge in [-0.05, 0) is 33.3 Å². The van der Waals surface area contributed by atoms with Crippen LogP contribution in [0.1, 0.15) is 33.3 Å². The highest BCUT2D eigenvalue weighted by Gasteiger charge is 2.34. The van der Waals surface area contributed by atoms with Crippen molar-refractivity contribution in [3.8, 4) is 0 Å². The lowest BCUT2D eigenvalue weighted by Gasteiger charge is -2.38. The number of benzene rings is 1. The molecule has 0 atom stereocenters. The maximum atomic E-state index is 11.7. The molecule has 1 rings (SSSR count). The van der Waals surface area contributed by atoms with Crippen molar-refractivity contribution in [2.45, 2.75) is 45.4 Å². The maximum absolute atomic E-state index is 11.7.